The molecule has 6 rings (SSSR count). The van der Waals surface area contributed by atoms with Gasteiger partial charge in [-0.2, -0.15) is 0 Å². The molecule has 3 aromatic heterocycles. The van der Waals surface area contributed by atoms with Crippen LogP contribution in [0.2, 0.25) is 0 Å². The number of primary amides is 1. The third kappa shape index (κ3) is 4.84. The highest BCUT2D eigenvalue weighted by Crippen LogP contribution is 2.49. The molecule has 4 heterocycles. The van der Waals surface area contributed by atoms with Crippen LogP contribution in [0.5, 0.6) is 5.75 Å². The molecule has 0 spiro atoms. The van der Waals surface area contributed by atoms with Crippen LogP contribution in [0, 0.1) is 0 Å². The Hall–Kier alpha value is -2.62. The molecule has 8 nitrogen and oxygen atoms in total. The molecule has 0 unspecified atom stereocenters. The van der Waals surface area contributed by atoms with Crippen molar-refractivity contribution in [2.75, 3.05) is 31.6 Å². The van der Waals surface area contributed by atoms with Crippen molar-refractivity contribution in [1.82, 2.24) is 14.5 Å². The molecule has 3 N–H and O–H groups in total. The van der Waals surface area contributed by atoms with Crippen LogP contribution in [0.4, 0.5) is 11.5 Å². The van der Waals surface area contributed by atoms with Crippen LogP contribution in [0.1, 0.15) is 54.9 Å². The minimum atomic E-state index is -0.244. The van der Waals surface area contributed by atoms with Gasteiger partial charge in [-0.15, -0.1) is 11.3 Å². The molecule has 1 saturated carbocycles. The molecule has 36 heavy (non-hydrogen) atoms. The molecule has 1 amide bonds. The Morgan fingerprint density at radius 3 is 2.78 bits per heavy atom. The summed E-state index contributed by atoms with van der Waals surface area (Å²) in [6.45, 7) is 3.77. The van der Waals surface area contributed by atoms with E-state index >= 15 is 0 Å². The van der Waals surface area contributed by atoms with E-state index in [2.05, 4.69) is 16.3 Å². The summed E-state index contributed by atoms with van der Waals surface area (Å²) < 4.78 is 14.3. The summed E-state index contributed by atoms with van der Waals surface area (Å²) in [5, 5.41) is 4.55. The van der Waals surface area contributed by atoms with Crippen molar-refractivity contribution in [2.45, 2.75) is 63.0 Å². The Bertz CT molecular complexity index is 1240. The van der Waals surface area contributed by atoms with Crippen LogP contribution >= 0.6 is 11.3 Å². The molecule has 3 aromatic rings. The highest BCUT2D eigenvalue weighted by Gasteiger charge is 2.33. The number of hydrogen-bond donors (Lipinski definition) is 2. The van der Waals surface area contributed by atoms with Gasteiger partial charge in [0.05, 0.1) is 30.4 Å². The van der Waals surface area contributed by atoms with E-state index in [0.29, 0.717) is 12.5 Å². The van der Waals surface area contributed by atoms with Gasteiger partial charge in [-0.1, -0.05) is 0 Å². The second-order valence-corrected chi connectivity index (χ2v) is 11.5. The fraction of sp³-hybridized carbons (Fsp3) is 0.556. The Morgan fingerprint density at radius 1 is 1.25 bits per heavy atom. The average Bonchev–Trinajstić information content (AvgIpc) is 3.56. The molecule has 0 radical (unpaired) electrons. The van der Waals surface area contributed by atoms with Crippen LogP contribution in [0.25, 0.3) is 10.2 Å². The number of morpholine rings is 1. The second kappa shape index (κ2) is 10.0. The van der Waals surface area contributed by atoms with Gasteiger partial charge in [-0.3, -0.25) is 9.69 Å². The quantitative estimate of drug-likeness (QED) is 0.493. The maximum Gasteiger partial charge on any atom is 0.218 e. The summed E-state index contributed by atoms with van der Waals surface area (Å²) in [7, 11) is 2.01. The summed E-state index contributed by atoms with van der Waals surface area (Å²) >= 11 is 1.74. The zero-order valence-electron chi connectivity index (χ0n) is 20.9. The molecular weight excluding hydrogens is 474 g/mol. The molecule has 2 aliphatic carbocycles. The molecule has 0 bridgehead atoms. The Kier molecular flexibility index (Phi) is 6.62. The lowest BCUT2D eigenvalue weighted by molar-refractivity contribution is -0.118. The zero-order valence-corrected chi connectivity index (χ0v) is 21.7. The van der Waals surface area contributed by atoms with E-state index in [4.69, 9.17) is 20.2 Å². The maximum atomic E-state index is 11.8. The maximum absolute atomic E-state index is 11.8. The molecule has 0 aromatic carbocycles. The predicted molar refractivity (Wildman–Crippen MR) is 142 cm³/mol. The largest absolute Gasteiger partial charge is 0.490 e. The van der Waals surface area contributed by atoms with Crippen molar-refractivity contribution >= 4 is 39.0 Å². The first-order valence-electron chi connectivity index (χ1n) is 13.2. The normalized spacial score (nSPS) is 24.6. The van der Waals surface area contributed by atoms with Gasteiger partial charge in [0.1, 0.15) is 16.4 Å². The lowest BCUT2D eigenvalue weighted by atomic mass is 9.91. The summed E-state index contributed by atoms with van der Waals surface area (Å²) in [5.74, 6) is 1.59. The van der Waals surface area contributed by atoms with Crippen molar-refractivity contribution in [3.63, 3.8) is 0 Å². The van der Waals surface area contributed by atoms with Gasteiger partial charge in [-0.05, 0) is 56.1 Å². The first kappa shape index (κ1) is 23.8. The molecule has 1 aliphatic heterocycles. The summed E-state index contributed by atoms with van der Waals surface area (Å²) in [6, 6.07) is 4.72. The number of rotatable bonds is 7. The highest BCUT2D eigenvalue weighted by atomic mass is 32.1. The van der Waals surface area contributed by atoms with Crippen LogP contribution in [-0.2, 0) is 23.0 Å². The van der Waals surface area contributed by atoms with E-state index in [1.165, 1.54) is 10.4 Å². The van der Waals surface area contributed by atoms with Gasteiger partial charge in [0.25, 0.3) is 0 Å². The number of fused-ring (bicyclic) bond motifs is 3. The number of aromatic nitrogens is 2. The van der Waals surface area contributed by atoms with Crippen molar-refractivity contribution in [1.29, 1.82) is 0 Å². The third-order valence-corrected chi connectivity index (χ3v) is 9.08. The van der Waals surface area contributed by atoms with Crippen LogP contribution in [0.15, 0.2) is 24.5 Å². The molecule has 3 aliphatic rings. The van der Waals surface area contributed by atoms with E-state index in [-0.39, 0.29) is 17.9 Å². The molecule has 1 saturated heterocycles. The van der Waals surface area contributed by atoms with E-state index in [1.807, 2.05) is 30.1 Å². The van der Waals surface area contributed by atoms with E-state index in [9.17, 15) is 4.79 Å². The van der Waals surface area contributed by atoms with Crippen LogP contribution in [0.3, 0.4) is 0 Å². The van der Waals surface area contributed by atoms with Gasteiger partial charge in [0.15, 0.2) is 0 Å². The molecule has 2 fully saturated rings. The van der Waals surface area contributed by atoms with Crippen molar-refractivity contribution in [3.05, 3.63) is 35.0 Å². The zero-order chi connectivity index (χ0) is 24.6. The molecule has 1 atom stereocenters. The van der Waals surface area contributed by atoms with E-state index in [0.717, 1.165) is 92.3 Å². The number of pyridine rings is 1. The van der Waals surface area contributed by atoms with Gasteiger partial charge >= 0.3 is 0 Å². The minimum absolute atomic E-state index is 0.153. The van der Waals surface area contributed by atoms with Gasteiger partial charge in [-0.25, -0.2) is 4.98 Å². The fourth-order valence-corrected chi connectivity index (χ4v) is 7.47. The number of carbonyl (C=O) groups is 1. The van der Waals surface area contributed by atoms with Crippen molar-refractivity contribution in [2.24, 2.45) is 12.8 Å². The lowest BCUT2D eigenvalue weighted by Crippen LogP contribution is -2.46. The number of nitrogens with two attached hydrogens (primary N) is 1. The summed E-state index contributed by atoms with van der Waals surface area (Å²) in [4.78, 5) is 21.7. The first-order chi connectivity index (χ1) is 17.5. The monoisotopic (exact) mass is 509 g/mol. The Labute approximate surface area is 215 Å². The van der Waals surface area contributed by atoms with Gasteiger partial charge in [0.2, 0.25) is 5.91 Å². The first-order valence-corrected chi connectivity index (χ1v) is 14.0. The Morgan fingerprint density at radius 2 is 2.06 bits per heavy atom. The smallest absolute Gasteiger partial charge is 0.218 e. The average molecular weight is 510 g/mol. The highest BCUT2D eigenvalue weighted by molar-refractivity contribution is 7.19. The lowest BCUT2D eigenvalue weighted by Gasteiger charge is -2.38. The van der Waals surface area contributed by atoms with Crippen molar-refractivity contribution in [3.8, 4) is 5.75 Å². The third-order valence-electron chi connectivity index (χ3n) is 7.92. The number of carbonyl (C=O) groups excluding carboxylic acids is 1. The summed E-state index contributed by atoms with van der Waals surface area (Å²) in [6.07, 6.45) is 11.0. The van der Waals surface area contributed by atoms with E-state index < -0.39 is 0 Å². The number of anilines is 2. The predicted octanol–water partition coefficient (Wildman–Crippen LogP) is 4.31. The fourth-order valence-electron chi connectivity index (χ4n) is 6.18. The topological polar surface area (TPSA) is 94.6 Å². The number of hydrogen-bond acceptors (Lipinski definition) is 7. The van der Waals surface area contributed by atoms with E-state index in [1.54, 1.807) is 11.3 Å². The standard InChI is InChI=1S/C27H35N5O3S/c1-31-9-8-18(16-31)29-24-15-21(35-20-5-3-19(4-6-20)32-10-12-34-13-11-32)26-25-17(14-23(28)33)2-7-22(25)36-27(26)30-24/h8-9,15-17,19-20H,2-7,10-14H2,1H3,(H2,28,33)(H,29,30)/t17-,19?,20?/m1/s1. The van der Waals surface area contributed by atoms with Crippen LogP contribution in [-0.4, -0.2) is 58.8 Å². The molecule has 9 heteroatoms. The number of ether oxygens (including phenoxy) is 2. The number of thiophene rings is 1. The number of aryl methyl sites for hydroxylation is 2. The van der Waals surface area contributed by atoms with Crippen LogP contribution < -0.4 is 15.8 Å². The summed E-state index contributed by atoms with van der Waals surface area (Å²) in [5.41, 5.74) is 7.85. The van der Waals surface area contributed by atoms with Gasteiger partial charge in [0, 0.05) is 55.9 Å². The SMILES string of the molecule is Cn1ccc(Nc2cc(OC3CCC(N4CCOCC4)CC3)c3c4c(sc3n2)CC[C@@H]4CC(N)=O)c1. The molecular formula is C27H35N5O3S. The Balaban J connectivity index is 1.28. The minimum Gasteiger partial charge on any atom is -0.490 e. The molecule has 192 valence electrons. The van der Waals surface area contributed by atoms with Crippen molar-refractivity contribution < 1.29 is 14.3 Å². The second-order valence-electron chi connectivity index (χ2n) is 10.4. The van der Waals surface area contributed by atoms with Gasteiger partial charge < -0.3 is 25.1 Å². The number of nitrogens with one attached hydrogen (secondary N) is 1. The number of amides is 1. The number of nitrogens with zero attached hydrogens (tertiary/aromatic N) is 3.